The van der Waals surface area contributed by atoms with Crippen LogP contribution < -0.4 is 10.4 Å². The molecule has 0 spiro atoms. The summed E-state index contributed by atoms with van der Waals surface area (Å²) in [4.78, 5) is 56.3. The number of nitrogens with zero attached hydrogens (tertiary/aromatic N) is 1. The summed E-state index contributed by atoms with van der Waals surface area (Å²) in [6.45, 7) is 10.7. The Morgan fingerprint density at radius 1 is 0.862 bits per heavy atom. The Balaban J connectivity index is 1.31. The van der Waals surface area contributed by atoms with Gasteiger partial charge in [0.15, 0.2) is 0 Å². The lowest BCUT2D eigenvalue weighted by molar-refractivity contribution is -0.271. The second kappa shape index (κ2) is 20.5. The van der Waals surface area contributed by atoms with Crippen LogP contribution in [-0.2, 0) is 28.6 Å². The van der Waals surface area contributed by atoms with E-state index in [4.69, 9.17) is 23.4 Å². The maximum Gasteiger partial charge on any atom is 0.345 e. The zero-order valence-electron chi connectivity index (χ0n) is 36.0. The second-order valence-corrected chi connectivity index (χ2v) is 18.0. The summed E-state index contributed by atoms with van der Waals surface area (Å²) in [6.07, 6.45) is 20.2. The molecule has 58 heavy (non-hydrogen) atoms. The molecule has 2 aliphatic carbocycles. The Hall–Kier alpha value is -3.73. The minimum atomic E-state index is -1.35. The molecule has 0 amide bonds. The number of ether oxygens (including phenoxy) is 4. The zero-order valence-corrected chi connectivity index (χ0v) is 36.0. The van der Waals surface area contributed by atoms with Crippen molar-refractivity contribution in [2.45, 2.75) is 187 Å². The van der Waals surface area contributed by atoms with Gasteiger partial charge in [0.25, 0.3) is 0 Å². The van der Waals surface area contributed by atoms with E-state index in [-0.39, 0.29) is 42.0 Å². The molecule has 0 saturated heterocycles. The lowest BCUT2D eigenvalue weighted by Crippen LogP contribution is -2.71. The molecule has 322 valence electrons. The summed E-state index contributed by atoms with van der Waals surface area (Å²) >= 11 is 0. The molecule has 3 aliphatic rings. The van der Waals surface area contributed by atoms with Crippen molar-refractivity contribution in [2.24, 2.45) is 22.7 Å². The first-order valence-electron chi connectivity index (χ1n) is 22.2. The number of esters is 3. The SMILES string of the molecule is CCCCCCCCCCCCCCCCCC(=O)O[C@H]1CC2[C@](C)(CC[C@H](OC(C)=O)[C@@]2(C)COC(C)=O)C2[C@@H](O)c3c(cc(-c4cccnc4)oc3=O)O[C@@]21C. The van der Waals surface area contributed by atoms with Crippen molar-refractivity contribution in [3.63, 3.8) is 0 Å². The van der Waals surface area contributed by atoms with Gasteiger partial charge < -0.3 is 28.5 Å². The average molecular weight is 808 g/mol. The number of aromatic nitrogens is 1. The highest BCUT2D eigenvalue weighted by Crippen LogP contribution is 2.67. The van der Waals surface area contributed by atoms with E-state index in [1.165, 1.54) is 84.5 Å². The van der Waals surface area contributed by atoms with E-state index >= 15 is 0 Å². The van der Waals surface area contributed by atoms with Gasteiger partial charge in [-0.05, 0) is 56.1 Å². The van der Waals surface area contributed by atoms with Crippen LogP contribution >= 0.6 is 0 Å². The first-order chi connectivity index (χ1) is 27.7. The number of pyridine rings is 1. The predicted octanol–water partition coefficient (Wildman–Crippen LogP) is 10.00. The zero-order chi connectivity index (χ0) is 41.9. The Labute approximate surface area is 345 Å². The van der Waals surface area contributed by atoms with Crippen molar-refractivity contribution < 1.29 is 42.9 Å². The molecule has 0 radical (unpaired) electrons. The van der Waals surface area contributed by atoms with E-state index in [1.807, 2.05) is 20.8 Å². The van der Waals surface area contributed by atoms with Crippen molar-refractivity contribution in [3.05, 3.63) is 46.6 Å². The number of aliphatic hydroxyl groups excluding tert-OH is 1. The van der Waals surface area contributed by atoms with Gasteiger partial charge in [0.1, 0.15) is 41.5 Å². The largest absolute Gasteiger partial charge is 0.482 e. The van der Waals surface area contributed by atoms with Crippen molar-refractivity contribution in [1.29, 1.82) is 0 Å². The van der Waals surface area contributed by atoms with Crippen molar-refractivity contribution in [3.8, 4) is 17.1 Å². The molecule has 1 aliphatic heterocycles. The number of rotatable bonds is 21. The lowest BCUT2D eigenvalue weighted by Gasteiger charge is -2.66. The third-order valence-electron chi connectivity index (χ3n) is 13.7. The molecular formula is C47H69NO10. The normalized spacial score (nSPS) is 28.6. The highest BCUT2D eigenvalue weighted by molar-refractivity contribution is 5.70. The van der Waals surface area contributed by atoms with Crippen LogP contribution in [0, 0.1) is 22.7 Å². The third kappa shape index (κ3) is 10.5. The predicted molar refractivity (Wildman–Crippen MR) is 221 cm³/mol. The molecule has 11 heteroatoms. The number of aliphatic hydroxyl groups is 1. The number of carbonyl (C=O) groups is 3. The molecule has 0 bridgehead atoms. The summed E-state index contributed by atoms with van der Waals surface area (Å²) in [7, 11) is 0. The second-order valence-electron chi connectivity index (χ2n) is 18.0. The van der Waals surface area contributed by atoms with Gasteiger partial charge in [-0.3, -0.25) is 19.4 Å². The molecule has 3 heterocycles. The van der Waals surface area contributed by atoms with Crippen LogP contribution in [0.15, 0.2) is 39.8 Å². The average Bonchev–Trinajstić information content (AvgIpc) is 3.17. The van der Waals surface area contributed by atoms with E-state index < -0.39 is 58.2 Å². The Morgan fingerprint density at radius 3 is 2.05 bits per heavy atom. The molecule has 8 atom stereocenters. The fourth-order valence-electron chi connectivity index (χ4n) is 10.7. The summed E-state index contributed by atoms with van der Waals surface area (Å²) < 4.78 is 30.6. The van der Waals surface area contributed by atoms with Crippen molar-refractivity contribution in [2.75, 3.05) is 6.61 Å². The lowest BCUT2D eigenvalue weighted by atomic mass is 9.42. The van der Waals surface area contributed by atoms with Crippen LogP contribution in [0.2, 0.25) is 0 Å². The van der Waals surface area contributed by atoms with Crippen molar-refractivity contribution >= 4 is 17.9 Å². The van der Waals surface area contributed by atoms with E-state index in [0.29, 0.717) is 31.2 Å². The summed E-state index contributed by atoms with van der Waals surface area (Å²) in [5.41, 5.74) is -3.08. The molecule has 2 saturated carbocycles. The van der Waals surface area contributed by atoms with Gasteiger partial charge in [-0.25, -0.2) is 4.79 Å². The number of hydrogen-bond acceptors (Lipinski definition) is 11. The van der Waals surface area contributed by atoms with E-state index in [1.54, 1.807) is 30.6 Å². The van der Waals surface area contributed by atoms with Gasteiger partial charge in [0.05, 0.1) is 6.10 Å². The van der Waals surface area contributed by atoms with Gasteiger partial charge in [0, 0.05) is 55.6 Å². The molecule has 2 aromatic heterocycles. The quantitative estimate of drug-likeness (QED) is 0.0729. The minimum absolute atomic E-state index is 0.00340. The number of unbranched alkanes of at least 4 members (excludes halogenated alkanes) is 14. The molecule has 2 fully saturated rings. The number of fused-ring (bicyclic) bond motifs is 4. The van der Waals surface area contributed by atoms with Crippen molar-refractivity contribution in [1.82, 2.24) is 4.98 Å². The van der Waals surface area contributed by atoms with Gasteiger partial charge in [-0.2, -0.15) is 0 Å². The minimum Gasteiger partial charge on any atom is -0.482 e. The third-order valence-corrected chi connectivity index (χ3v) is 13.7. The summed E-state index contributed by atoms with van der Waals surface area (Å²) in [5.74, 6) is -2.01. The van der Waals surface area contributed by atoms with Gasteiger partial charge in [-0.1, -0.05) is 111 Å². The maximum absolute atomic E-state index is 13.8. The van der Waals surface area contributed by atoms with Crippen LogP contribution in [0.5, 0.6) is 5.75 Å². The highest BCUT2D eigenvalue weighted by atomic mass is 16.6. The first-order valence-corrected chi connectivity index (χ1v) is 22.2. The highest BCUT2D eigenvalue weighted by Gasteiger charge is 2.71. The Bertz CT molecular complexity index is 1730. The first kappa shape index (κ1) is 45.4. The van der Waals surface area contributed by atoms with Crippen LogP contribution in [0.25, 0.3) is 11.3 Å². The topological polar surface area (TPSA) is 151 Å². The van der Waals surface area contributed by atoms with Crippen LogP contribution in [0.4, 0.5) is 0 Å². The van der Waals surface area contributed by atoms with E-state index in [2.05, 4.69) is 11.9 Å². The molecular weight excluding hydrogens is 739 g/mol. The summed E-state index contributed by atoms with van der Waals surface area (Å²) in [6, 6.07) is 5.10. The monoisotopic (exact) mass is 807 g/mol. The standard InChI is InChI=1S/C47H69NO10/c1-7-8-9-10-11-12-13-14-15-16-17-18-19-20-21-24-40(51)57-39-29-37-45(4,26-25-38(55-33(3)50)46(37,5)31-54-32(2)49)43-42(52)41-36(58-47(39,43)6)28-35(56-44(41)53)34-23-22-27-48-30-34/h22-23,27-28,30,37-39,42-43,52H,7-21,24-26,29,31H2,1-6H3/t37?,38-,39-,42-,43?,45-,46-,47+/m0/s1. The fraction of sp³-hybridized carbons (Fsp3) is 0.723. The number of carbonyl (C=O) groups excluding carboxylic acids is 3. The molecule has 1 N–H and O–H groups in total. The van der Waals surface area contributed by atoms with Gasteiger partial charge in [-0.15, -0.1) is 0 Å². The van der Waals surface area contributed by atoms with Gasteiger partial charge >= 0.3 is 23.5 Å². The molecule has 11 nitrogen and oxygen atoms in total. The van der Waals surface area contributed by atoms with E-state index in [9.17, 15) is 24.3 Å². The van der Waals surface area contributed by atoms with Crippen LogP contribution in [0.3, 0.4) is 0 Å². The van der Waals surface area contributed by atoms with Crippen LogP contribution in [-0.4, -0.2) is 52.4 Å². The summed E-state index contributed by atoms with van der Waals surface area (Å²) in [5, 5.41) is 12.4. The van der Waals surface area contributed by atoms with Crippen LogP contribution in [0.1, 0.15) is 175 Å². The molecule has 2 aromatic rings. The number of hydrogen-bond donors (Lipinski definition) is 1. The Morgan fingerprint density at radius 2 is 1.48 bits per heavy atom. The van der Waals surface area contributed by atoms with Gasteiger partial charge in [0.2, 0.25) is 0 Å². The van der Waals surface area contributed by atoms with E-state index in [0.717, 1.165) is 19.3 Å². The molecule has 2 unspecified atom stereocenters. The fourth-order valence-corrected chi connectivity index (χ4v) is 10.7. The Kier molecular flexibility index (Phi) is 16.0. The molecule has 5 rings (SSSR count). The maximum atomic E-state index is 13.8. The smallest absolute Gasteiger partial charge is 0.345 e. The molecule has 0 aromatic carbocycles.